The predicted molar refractivity (Wildman–Crippen MR) is 155 cm³/mol. The summed E-state index contributed by atoms with van der Waals surface area (Å²) < 4.78 is 6.93. The minimum Gasteiger partial charge on any atom is -0.506 e. The van der Waals surface area contributed by atoms with Crippen LogP contribution < -0.4 is 16.4 Å². The Hall–Kier alpha value is -3.81. The lowest BCUT2D eigenvalue weighted by molar-refractivity contribution is -0.111. The molecule has 0 saturated carbocycles. The first-order valence-electron chi connectivity index (χ1n) is 11.7. The molecule has 8 nitrogen and oxygen atoms in total. The third-order valence-corrected chi connectivity index (χ3v) is 6.71. The predicted octanol–water partition coefficient (Wildman–Crippen LogP) is 7.27. The molecule has 2 amide bonds. The van der Waals surface area contributed by atoms with Crippen LogP contribution in [0, 0.1) is 17.2 Å². The van der Waals surface area contributed by atoms with Crippen LogP contribution in [0.2, 0.25) is 0 Å². The molecule has 2 atom stereocenters. The van der Waals surface area contributed by atoms with Gasteiger partial charge in [-0.25, -0.2) is 4.79 Å². The molecule has 0 heterocycles. The molecule has 3 rings (SSSR count). The number of ether oxygens (including phenoxy) is 1. The molecule has 3 aromatic rings. The number of nitrogens with one attached hydrogen (secondary N) is 2. The SMILES string of the molecule is C[C@H](CC/C=C/C(=O)Nc1ccccc1N)[C@H](OC(=O)Nc1ccc(C#N)cc1)c1cc(Br)cc(Br)c1O. The van der Waals surface area contributed by atoms with E-state index in [2.05, 4.69) is 42.5 Å². The molecular formula is C28H26Br2N4O4. The van der Waals surface area contributed by atoms with Gasteiger partial charge in [0.25, 0.3) is 0 Å². The highest BCUT2D eigenvalue weighted by atomic mass is 79.9. The second-order valence-electron chi connectivity index (χ2n) is 8.50. The molecule has 0 spiro atoms. The molecule has 0 saturated heterocycles. The van der Waals surface area contributed by atoms with Crippen molar-refractivity contribution in [2.75, 3.05) is 16.4 Å². The van der Waals surface area contributed by atoms with Crippen LogP contribution in [0.3, 0.4) is 0 Å². The number of nitrogens with two attached hydrogens (primary N) is 1. The van der Waals surface area contributed by atoms with Crippen LogP contribution in [-0.2, 0) is 9.53 Å². The zero-order valence-electron chi connectivity index (χ0n) is 20.4. The Balaban J connectivity index is 1.69. The maximum Gasteiger partial charge on any atom is 0.412 e. The van der Waals surface area contributed by atoms with Gasteiger partial charge in [0.15, 0.2) is 0 Å². The normalized spacial score (nSPS) is 12.4. The number of phenolic OH excluding ortho intramolecular Hbond substituents is 1. The van der Waals surface area contributed by atoms with Crippen molar-refractivity contribution in [2.24, 2.45) is 5.92 Å². The summed E-state index contributed by atoms with van der Waals surface area (Å²) in [6.45, 7) is 1.90. The van der Waals surface area contributed by atoms with Crippen LogP contribution in [0.25, 0.3) is 0 Å². The van der Waals surface area contributed by atoms with Crippen LogP contribution in [0.1, 0.15) is 37.0 Å². The van der Waals surface area contributed by atoms with Crippen LogP contribution >= 0.6 is 31.9 Å². The maximum absolute atomic E-state index is 12.8. The zero-order chi connectivity index (χ0) is 27.7. The Morgan fingerprint density at radius 1 is 1.13 bits per heavy atom. The molecule has 38 heavy (non-hydrogen) atoms. The Bertz CT molecular complexity index is 1370. The third-order valence-electron chi connectivity index (χ3n) is 5.65. The van der Waals surface area contributed by atoms with Gasteiger partial charge in [0.2, 0.25) is 5.91 Å². The number of aromatic hydroxyl groups is 1. The highest BCUT2D eigenvalue weighted by Gasteiger charge is 2.27. The topological polar surface area (TPSA) is 137 Å². The fourth-order valence-corrected chi connectivity index (χ4v) is 4.92. The monoisotopic (exact) mass is 640 g/mol. The lowest BCUT2D eigenvalue weighted by Gasteiger charge is -2.26. The van der Waals surface area contributed by atoms with E-state index in [9.17, 15) is 14.7 Å². The summed E-state index contributed by atoms with van der Waals surface area (Å²) in [7, 11) is 0. The van der Waals surface area contributed by atoms with Crippen LogP contribution in [0.5, 0.6) is 5.75 Å². The molecule has 0 unspecified atom stereocenters. The third kappa shape index (κ3) is 8.10. The van der Waals surface area contributed by atoms with Crippen LogP contribution in [0.15, 0.2) is 81.8 Å². The van der Waals surface area contributed by atoms with Crippen molar-refractivity contribution in [3.8, 4) is 11.8 Å². The average molecular weight is 642 g/mol. The molecular weight excluding hydrogens is 616 g/mol. The first-order valence-corrected chi connectivity index (χ1v) is 13.2. The number of carbonyl (C=O) groups excluding carboxylic acids is 2. The number of nitriles is 1. The van der Waals surface area contributed by atoms with Gasteiger partial charge in [0, 0.05) is 15.7 Å². The minimum absolute atomic E-state index is 0.0356. The largest absolute Gasteiger partial charge is 0.506 e. The van der Waals surface area contributed by atoms with Crippen molar-refractivity contribution < 1.29 is 19.4 Å². The summed E-state index contributed by atoms with van der Waals surface area (Å²) in [4.78, 5) is 25.0. The van der Waals surface area contributed by atoms with Crippen LogP contribution in [0.4, 0.5) is 21.9 Å². The number of amides is 2. The van der Waals surface area contributed by atoms with Crippen molar-refractivity contribution in [1.29, 1.82) is 5.26 Å². The number of hydrogen-bond donors (Lipinski definition) is 4. The van der Waals surface area contributed by atoms with E-state index in [1.54, 1.807) is 66.7 Å². The Labute approximate surface area is 237 Å². The lowest BCUT2D eigenvalue weighted by Crippen LogP contribution is -2.22. The first kappa shape index (κ1) is 28.8. The zero-order valence-corrected chi connectivity index (χ0v) is 23.6. The van der Waals surface area contributed by atoms with Gasteiger partial charge in [0.05, 0.1) is 27.5 Å². The number of para-hydroxylation sites is 2. The molecule has 0 aliphatic carbocycles. The standard InChI is InChI=1S/C28H26Br2N4O4/c1-17(6-2-5-9-25(35)34-24-8-4-3-7-23(24)32)27(21-14-19(29)15-22(30)26(21)36)38-28(37)33-20-12-10-18(16-31)11-13-20/h3-5,7-15,17,27,36H,2,6,32H2,1H3,(H,33,37)(H,34,35)/b9-5+/t17-,27+/m1/s1. The fourth-order valence-electron chi connectivity index (χ4n) is 3.67. The van der Waals surface area contributed by atoms with Gasteiger partial charge in [-0.05, 0) is 89.3 Å². The van der Waals surface area contributed by atoms with Crippen molar-refractivity contribution in [2.45, 2.75) is 25.9 Å². The summed E-state index contributed by atoms with van der Waals surface area (Å²) in [5.74, 6) is -0.573. The van der Waals surface area contributed by atoms with E-state index in [0.29, 0.717) is 50.0 Å². The molecule has 3 aromatic carbocycles. The maximum atomic E-state index is 12.8. The van der Waals surface area contributed by atoms with Crippen molar-refractivity contribution in [1.82, 2.24) is 0 Å². The number of allylic oxidation sites excluding steroid dienone is 1. The number of rotatable bonds is 9. The van der Waals surface area contributed by atoms with E-state index in [0.717, 1.165) is 0 Å². The van der Waals surface area contributed by atoms with Gasteiger partial charge < -0.3 is 20.9 Å². The Kier molecular flexibility index (Phi) is 10.3. The van der Waals surface area contributed by atoms with Crippen molar-refractivity contribution in [3.63, 3.8) is 0 Å². The van der Waals surface area contributed by atoms with Gasteiger partial charge in [-0.15, -0.1) is 0 Å². The number of phenols is 1. The molecule has 0 fully saturated rings. The summed E-state index contributed by atoms with van der Waals surface area (Å²) >= 11 is 6.75. The molecule has 0 radical (unpaired) electrons. The minimum atomic E-state index is -0.798. The lowest BCUT2D eigenvalue weighted by atomic mass is 9.92. The molecule has 0 aromatic heterocycles. The van der Waals surface area contributed by atoms with Gasteiger partial charge in [-0.3, -0.25) is 10.1 Å². The summed E-state index contributed by atoms with van der Waals surface area (Å²) in [5.41, 5.74) is 8.23. The van der Waals surface area contributed by atoms with E-state index in [1.165, 1.54) is 6.08 Å². The molecule has 196 valence electrons. The number of nitrogens with zero attached hydrogens (tertiary/aromatic N) is 1. The van der Waals surface area contributed by atoms with Gasteiger partial charge in [-0.1, -0.05) is 41.1 Å². The van der Waals surface area contributed by atoms with Gasteiger partial charge in [0.1, 0.15) is 11.9 Å². The van der Waals surface area contributed by atoms with E-state index < -0.39 is 12.2 Å². The smallest absolute Gasteiger partial charge is 0.412 e. The second-order valence-corrected chi connectivity index (χ2v) is 10.3. The summed E-state index contributed by atoms with van der Waals surface area (Å²) in [6.07, 6.45) is 2.72. The Morgan fingerprint density at radius 2 is 1.84 bits per heavy atom. The number of nitrogen functional groups attached to an aromatic ring is 1. The quantitative estimate of drug-likeness (QED) is 0.143. The van der Waals surface area contributed by atoms with E-state index in [1.807, 2.05) is 13.0 Å². The van der Waals surface area contributed by atoms with Gasteiger partial charge >= 0.3 is 6.09 Å². The summed E-state index contributed by atoms with van der Waals surface area (Å²) in [6, 6.07) is 18.8. The highest BCUT2D eigenvalue weighted by Crippen LogP contribution is 2.40. The van der Waals surface area contributed by atoms with Gasteiger partial charge in [-0.2, -0.15) is 5.26 Å². The molecule has 0 aliphatic heterocycles. The molecule has 0 bridgehead atoms. The van der Waals surface area contributed by atoms with E-state index in [-0.39, 0.29) is 17.6 Å². The number of hydrogen-bond acceptors (Lipinski definition) is 6. The number of halogens is 2. The second kappa shape index (κ2) is 13.7. The Morgan fingerprint density at radius 3 is 2.53 bits per heavy atom. The summed E-state index contributed by atoms with van der Waals surface area (Å²) in [5, 5.41) is 25.1. The highest BCUT2D eigenvalue weighted by molar-refractivity contribution is 9.11. The van der Waals surface area contributed by atoms with Crippen molar-refractivity contribution in [3.05, 3.63) is 92.9 Å². The average Bonchev–Trinajstić information content (AvgIpc) is 2.89. The number of carbonyl (C=O) groups is 2. The number of anilines is 3. The van der Waals surface area contributed by atoms with Crippen LogP contribution in [-0.4, -0.2) is 17.1 Å². The van der Waals surface area contributed by atoms with Crippen molar-refractivity contribution >= 4 is 60.9 Å². The molecule has 0 aliphatic rings. The molecule has 5 N–H and O–H groups in total. The number of benzene rings is 3. The molecule has 10 heteroatoms. The van der Waals surface area contributed by atoms with E-state index >= 15 is 0 Å². The first-order chi connectivity index (χ1) is 18.2. The van der Waals surface area contributed by atoms with E-state index in [4.69, 9.17) is 15.7 Å². The fraction of sp³-hybridized carbons (Fsp3) is 0.179.